The van der Waals surface area contributed by atoms with Crippen LogP contribution in [-0.2, 0) is 9.53 Å². The van der Waals surface area contributed by atoms with Crippen LogP contribution in [0.2, 0.25) is 0 Å². The third-order valence-corrected chi connectivity index (χ3v) is 1.57. The van der Waals surface area contributed by atoms with Crippen LogP contribution in [0.3, 0.4) is 0 Å². The van der Waals surface area contributed by atoms with Crippen molar-refractivity contribution in [1.82, 2.24) is 5.32 Å². The Kier molecular flexibility index (Phi) is 7.57. The average Bonchev–Trinajstić information content (AvgIpc) is 2.12. The van der Waals surface area contributed by atoms with Crippen LogP contribution in [0.25, 0.3) is 0 Å². The standard InChI is InChI=1S/C8H18N2O3/c1-13-6-7(9)8(12)10-4-2-3-5-11/h7,11H,2-6,9H2,1H3,(H,10,12). The van der Waals surface area contributed by atoms with E-state index >= 15 is 0 Å². The monoisotopic (exact) mass is 190 g/mol. The zero-order valence-electron chi connectivity index (χ0n) is 7.95. The molecule has 0 aliphatic carbocycles. The Bertz CT molecular complexity index is 141. The molecule has 5 heteroatoms. The highest BCUT2D eigenvalue weighted by Gasteiger charge is 2.11. The van der Waals surface area contributed by atoms with E-state index in [2.05, 4.69) is 5.32 Å². The fourth-order valence-electron chi connectivity index (χ4n) is 0.835. The largest absolute Gasteiger partial charge is 0.396 e. The van der Waals surface area contributed by atoms with Crippen molar-refractivity contribution in [1.29, 1.82) is 0 Å². The molecule has 13 heavy (non-hydrogen) atoms. The van der Waals surface area contributed by atoms with Gasteiger partial charge in [0.25, 0.3) is 0 Å². The lowest BCUT2D eigenvalue weighted by Gasteiger charge is -2.10. The van der Waals surface area contributed by atoms with Gasteiger partial charge in [-0.15, -0.1) is 0 Å². The zero-order chi connectivity index (χ0) is 10.1. The van der Waals surface area contributed by atoms with Crippen molar-refractivity contribution >= 4 is 5.91 Å². The minimum Gasteiger partial charge on any atom is -0.396 e. The number of aliphatic hydroxyl groups excluding tert-OH is 1. The lowest BCUT2D eigenvalue weighted by atomic mass is 10.3. The van der Waals surface area contributed by atoms with Crippen LogP contribution < -0.4 is 11.1 Å². The highest BCUT2D eigenvalue weighted by Crippen LogP contribution is 1.85. The first-order valence-corrected chi connectivity index (χ1v) is 4.35. The van der Waals surface area contributed by atoms with E-state index in [0.29, 0.717) is 13.0 Å². The molecule has 4 N–H and O–H groups in total. The molecular weight excluding hydrogens is 172 g/mol. The van der Waals surface area contributed by atoms with Crippen molar-refractivity contribution in [3.63, 3.8) is 0 Å². The predicted octanol–water partition coefficient (Wildman–Crippen LogP) is -1.15. The summed E-state index contributed by atoms with van der Waals surface area (Å²) in [4.78, 5) is 11.1. The van der Waals surface area contributed by atoms with Gasteiger partial charge in [0.05, 0.1) is 6.61 Å². The molecule has 1 amide bonds. The molecule has 0 aromatic heterocycles. The molecule has 0 heterocycles. The molecule has 0 aromatic carbocycles. The fourth-order valence-corrected chi connectivity index (χ4v) is 0.835. The van der Waals surface area contributed by atoms with E-state index < -0.39 is 6.04 Å². The van der Waals surface area contributed by atoms with Crippen LogP contribution >= 0.6 is 0 Å². The molecular formula is C8H18N2O3. The van der Waals surface area contributed by atoms with Crippen molar-refractivity contribution < 1.29 is 14.6 Å². The molecule has 0 bridgehead atoms. The lowest BCUT2D eigenvalue weighted by Crippen LogP contribution is -2.43. The first kappa shape index (κ1) is 12.3. The van der Waals surface area contributed by atoms with E-state index in [4.69, 9.17) is 15.6 Å². The molecule has 78 valence electrons. The van der Waals surface area contributed by atoms with Gasteiger partial charge in [0.2, 0.25) is 5.91 Å². The van der Waals surface area contributed by atoms with Gasteiger partial charge in [-0.25, -0.2) is 0 Å². The second kappa shape index (κ2) is 7.97. The molecule has 0 saturated carbocycles. The maximum atomic E-state index is 11.1. The number of carbonyl (C=O) groups is 1. The van der Waals surface area contributed by atoms with Gasteiger partial charge in [0.15, 0.2) is 0 Å². The SMILES string of the molecule is COCC(N)C(=O)NCCCCO. The van der Waals surface area contributed by atoms with Crippen LogP contribution in [0.5, 0.6) is 0 Å². The van der Waals surface area contributed by atoms with Gasteiger partial charge in [-0.3, -0.25) is 4.79 Å². The van der Waals surface area contributed by atoms with Crippen LogP contribution in [0.1, 0.15) is 12.8 Å². The smallest absolute Gasteiger partial charge is 0.239 e. The summed E-state index contributed by atoms with van der Waals surface area (Å²) in [7, 11) is 1.50. The summed E-state index contributed by atoms with van der Waals surface area (Å²) in [5, 5.41) is 11.1. The molecule has 0 spiro atoms. The Morgan fingerprint density at radius 3 is 2.85 bits per heavy atom. The van der Waals surface area contributed by atoms with Crippen molar-refractivity contribution in [3.05, 3.63) is 0 Å². The molecule has 0 aliphatic heterocycles. The number of hydrogen-bond acceptors (Lipinski definition) is 4. The van der Waals surface area contributed by atoms with E-state index in [-0.39, 0.29) is 19.1 Å². The van der Waals surface area contributed by atoms with Gasteiger partial charge in [0.1, 0.15) is 6.04 Å². The number of methoxy groups -OCH3 is 1. The molecule has 0 rings (SSSR count). The zero-order valence-corrected chi connectivity index (χ0v) is 7.95. The number of rotatable bonds is 7. The van der Waals surface area contributed by atoms with Gasteiger partial charge < -0.3 is 20.9 Å². The Balaban J connectivity index is 3.38. The predicted molar refractivity (Wildman–Crippen MR) is 49.2 cm³/mol. The summed E-state index contributed by atoms with van der Waals surface area (Å²) in [6.45, 7) is 0.933. The van der Waals surface area contributed by atoms with Crippen LogP contribution in [0.4, 0.5) is 0 Å². The van der Waals surface area contributed by atoms with Gasteiger partial charge in [-0.1, -0.05) is 0 Å². The number of ether oxygens (including phenoxy) is 1. The first-order valence-electron chi connectivity index (χ1n) is 4.35. The summed E-state index contributed by atoms with van der Waals surface area (Å²) < 4.78 is 4.73. The number of unbranched alkanes of at least 4 members (excludes halogenated alkanes) is 1. The minimum absolute atomic E-state index is 0.153. The number of amides is 1. The topological polar surface area (TPSA) is 84.6 Å². The maximum absolute atomic E-state index is 11.1. The molecule has 5 nitrogen and oxygen atoms in total. The number of nitrogens with two attached hydrogens (primary N) is 1. The van der Waals surface area contributed by atoms with Crippen molar-refractivity contribution in [2.75, 3.05) is 26.9 Å². The Morgan fingerprint density at radius 1 is 1.62 bits per heavy atom. The van der Waals surface area contributed by atoms with E-state index in [0.717, 1.165) is 6.42 Å². The van der Waals surface area contributed by atoms with Gasteiger partial charge in [0, 0.05) is 20.3 Å². The molecule has 1 unspecified atom stereocenters. The van der Waals surface area contributed by atoms with Crippen molar-refractivity contribution in [2.45, 2.75) is 18.9 Å². The Labute approximate surface area is 78.3 Å². The maximum Gasteiger partial charge on any atom is 0.239 e. The van der Waals surface area contributed by atoms with E-state index in [1.54, 1.807) is 0 Å². The first-order chi connectivity index (χ1) is 6.22. The van der Waals surface area contributed by atoms with Gasteiger partial charge in [-0.05, 0) is 12.8 Å². The number of aliphatic hydroxyl groups is 1. The summed E-state index contributed by atoms with van der Waals surface area (Å²) in [6, 6.07) is -0.598. The molecule has 1 atom stereocenters. The van der Waals surface area contributed by atoms with Crippen LogP contribution in [0.15, 0.2) is 0 Å². The Morgan fingerprint density at radius 2 is 2.31 bits per heavy atom. The normalized spacial score (nSPS) is 12.5. The molecule has 0 aromatic rings. The summed E-state index contributed by atoms with van der Waals surface area (Å²) in [5.41, 5.74) is 5.46. The van der Waals surface area contributed by atoms with Gasteiger partial charge in [-0.2, -0.15) is 0 Å². The second-order valence-corrected chi connectivity index (χ2v) is 2.78. The quantitative estimate of drug-likeness (QED) is 0.442. The van der Waals surface area contributed by atoms with Crippen LogP contribution in [-0.4, -0.2) is 43.9 Å². The highest BCUT2D eigenvalue weighted by molar-refractivity contribution is 5.81. The number of carbonyl (C=O) groups excluding carboxylic acids is 1. The highest BCUT2D eigenvalue weighted by atomic mass is 16.5. The Hall–Kier alpha value is -0.650. The fraction of sp³-hybridized carbons (Fsp3) is 0.875. The third-order valence-electron chi connectivity index (χ3n) is 1.57. The van der Waals surface area contributed by atoms with E-state index in [9.17, 15) is 4.79 Å². The summed E-state index contributed by atoms with van der Waals surface area (Å²) in [6.07, 6.45) is 1.46. The van der Waals surface area contributed by atoms with E-state index in [1.807, 2.05) is 0 Å². The van der Waals surface area contributed by atoms with Crippen molar-refractivity contribution in [3.8, 4) is 0 Å². The summed E-state index contributed by atoms with van der Waals surface area (Å²) >= 11 is 0. The lowest BCUT2D eigenvalue weighted by molar-refractivity contribution is -0.123. The third kappa shape index (κ3) is 6.51. The summed E-state index contributed by atoms with van der Waals surface area (Å²) in [5.74, 6) is -0.209. The second-order valence-electron chi connectivity index (χ2n) is 2.78. The molecule has 0 saturated heterocycles. The molecule has 0 fully saturated rings. The number of hydrogen-bond donors (Lipinski definition) is 3. The average molecular weight is 190 g/mol. The van der Waals surface area contributed by atoms with Crippen molar-refractivity contribution in [2.24, 2.45) is 5.73 Å². The molecule has 0 radical (unpaired) electrons. The van der Waals surface area contributed by atoms with Gasteiger partial charge >= 0.3 is 0 Å². The van der Waals surface area contributed by atoms with Crippen LogP contribution in [0, 0.1) is 0 Å². The molecule has 0 aliphatic rings. The number of nitrogens with one attached hydrogen (secondary N) is 1. The van der Waals surface area contributed by atoms with E-state index in [1.165, 1.54) is 7.11 Å². The minimum atomic E-state index is -0.598.